The van der Waals surface area contributed by atoms with Gasteiger partial charge in [-0.25, -0.2) is 4.98 Å². The van der Waals surface area contributed by atoms with Crippen LogP contribution in [0.25, 0.3) is 10.2 Å². The Bertz CT molecular complexity index is 1050. The number of rotatable bonds is 4. The third-order valence-corrected chi connectivity index (χ3v) is 5.11. The Kier molecular flexibility index (Phi) is 4.50. The third-order valence-electron chi connectivity index (χ3n) is 3.91. The number of fused-ring (bicyclic) bond motifs is 1. The lowest BCUT2D eigenvalue weighted by atomic mass is 10.2. The van der Waals surface area contributed by atoms with Crippen molar-refractivity contribution >= 4 is 38.9 Å². The van der Waals surface area contributed by atoms with Crippen molar-refractivity contribution in [3.05, 3.63) is 57.0 Å². The van der Waals surface area contributed by atoms with Crippen molar-refractivity contribution in [2.75, 3.05) is 5.32 Å². The Morgan fingerprint density at radius 2 is 1.96 bits per heavy atom. The van der Waals surface area contributed by atoms with Crippen LogP contribution >= 0.6 is 11.3 Å². The van der Waals surface area contributed by atoms with Gasteiger partial charge in [0.25, 0.3) is 11.5 Å². The van der Waals surface area contributed by atoms with Gasteiger partial charge < -0.3 is 5.32 Å². The van der Waals surface area contributed by atoms with Crippen molar-refractivity contribution in [3.8, 4) is 0 Å². The zero-order valence-corrected chi connectivity index (χ0v) is 14.9. The summed E-state index contributed by atoms with van der Waals surface area (Å²) in [7, 11) is 0. The van der Waals surface area contributed by atoms with Crippen molar-refractivity contribution in [1.82, 2.24) is 9.55 Å². The Balaban J connectivity index is 2.03. The summed E-state index contributed by atoms with van der Waals surface area (Å²) in [4.78, 5) is 41.7. The molecule has 1 N–H and O–H groups in total. The summed E-state index contributed by atoms with van der Waals surface area (Å²) in [6.07, 6.45) is 1.35. The number of nitrogens with zero attached hydrogens (tertiary/aromatic N) is 2. The van der Waals surface area contributed by atoms with Gasteiger partial charge in [-0.3, -0.25) is 19.0 Å². The summed E-state index contributed by atoms with van der Waals surface area (Å²) in [6, 6.07) is 7.49. The van der Waals surface area contributed by atoms with Crippen LogP contribution < -0.4 is 10.9 Å². The average molecular weight is 355 g/mol. The Morgan fingerprint density at radius 1 is 1.24 bits per heavy atom. The normalized spacial score (nSPS) is 10.8. The Hall–Kier alpha value is -2.80. The molecule has 0 aliphatic heterocycles. The van der Waals surface area contributed by atoms with Gasteiger partial charge in [-0.15, -0.1) is 11.3 Å². The summed E-state index contributed by atoms with van der Waals surface area (Å²) in [5.74, 6) is -0.402. The number of carbonyl (C=O) groups excluding carboxylic acids is 2. The minimum absolute atomic E-state index is 0.0260. The van der Waals surface area contributed by atoms with Gasteiger partial charge >= 0.3 is 0 Å². The van der Waals surface area contributed by atoms with Gasteiger partial charge in [0.2, 0.25) is 0 Å². The molecule has 0 unspecified atom stereocenters. The number of aryl methyl sites for hydroxylation is 2. The maximum Gasteiger partial charge on any atom is 0.266 e. The molecule has 6 nitrogen and oxygen atoms in total. The number of carbonyl (C=O) groups is 2. The van der Waals surface area contributed by atoms with Gasteiger partial charge in [-0.2, -0.15) is 0 Å². The predicted octanol–water partition coefficient (Wildman–Crippen LogP) is 2.92. The van der Waals surface area contributed by atoms with Gasteiger partial charge in [0.1, 0.15) is 10.6 Å². The minimum atomic E-state index is -0.302. The number of nitrogens with one attached hydrogen (secondary N) is 1. The molecular formula is C18H17N3O3S. The highest BCUT2D eigenvalue weighted by Crippen LogP contribution is 2.28. The standard InChI is InChI=1S/C18H17N3O3S/c1-10-6-4-5-7-13(10)20-16(23)15-12(3)14-17(25-15)19-9-21(18(14)24)8-11(2)22/h4-7,9H,8H2,1-3H3,(H,20,23). The summed E-state index contributed by atoms with van der Waals surface area (Å²) in [6.45, 7) is 5.03. The lowest BCUT2D eigenvalue weighted by Gasteiger charge is -2.07. The number of amides is 1. The van der Waals surface area contributed by atoms with Crippen LogP contribution in [-0.2, 0) is 11.3 Å². The maximum absolute atomic E-state index is 12.6. The SMILES string of the molecule is CC(=O)Cn1cnc2sc(C(=O)Nc3ccccc3C)c(C)c2c1=O. The molecule has 0 saturated heterocycles. The smallest absolute Gasteiger partial charge is 0.266 e. The van der Waals surface area contributed by atoms with E-state index in [-0.39, 0.29) is 23.8 Å². The highest BCUT2D eigenvalue weighted by Gasteiger charge is 2.20. The fourth-order valence-electron chi connectivity index (χ4n) is 2.62. The Labute approximate surface area is 148 Å². The summed E-state index contributed by atoms with van der Waals surface area (Å²) in [5.41, 5.74) is 1.97. The van der Waals surface area contributed by atoms with E-state index in [0.717, 1.165) is 11.3 Å². The van der Waals surface area contributed by atoms with E-state index in [9.17, 15) is 14.4 Å². The molecule has 2 heterocycles. The van der Waals surface area contributed by atoms with Crippen LogP contribution in [-0.4, -0.2) is 21.2 Å². The van der Waals surface area contributed by atoms with E-state index in [1.54, 1.807) is 6.92 Å². The lowest BCUT2D eigenvalue weighted by molar-refractivity contribution is -0.117. The summed E-state index contributed by atoms with van der Waals surface area (Å²) in [5, 5.41) is 3.27. The molecule has 0 atom stereocenters. The average Bonchev–Trinajstić information content (AvgIpc) is 2.89. The molecule has 0 saturated carbocycles. The monoisotopic (exact) mass is 355 g/mol. The molecule has 0 spiro atoms. The molecule has 0 aliphatic rings. The lowest BCUT2D eigenvalue weighted by Crippen LogP contribution is -2.23. The second kappa shape index (κ2) is 6.60. The quantitative estimate of drug-likeness (QED) is 0.780. The maximum atomic E-state index is 12.6. The molecule has 1 aromatic carbocycles. The molecule has 0 radical (unpaired) electrons. The number of ketones is 1. The topological polar surface area (TPSA) is 81.1 Å². The first-order valence-corrected chi connectivity index (χ1v) is 8.55. The van der Waals surface area contributed by atoms with Crippen molar-refractivity contribution in [1.29, 1.82) is 0 Å². The highest BCUT2D eigenvalue weighted by atomic mass is 32.1. The number of para-hydroxylation sites is 1. The number of thiophene rings is 1. The van der Waals surface area contributed by atoms with Crippen molar-refractivity contribution in [2.45, 2.75) is 27.3 Å². The second-order valence-electron chi connectivity index (χ2n) is 5.89. The number of aromatic nitrogens is 2. The van der Waals surface area contributed by atoms with E-state index >= 15 is 0 Å². The highest BCUT2D eigenvalue weighted by molar-refractivity contribution is 7.20. The zero-order chi connectivity index (χ0) is 18.1. The molecule has 2 aromatic heterocycles. The van der Waals surface area contributed by atoms with Gasteiger partial charge in [0, 0.05) is 5.69 Å². The summed E-state index contributed by atoms with van der Waals surface area (Å²) < 4.78 is 1.27. The number of Topliss-reactive ketones (excluding diaryl/α,β-unsaturated/α-hetero) is 1. The van der Waals surface area contributed by atoms with Crippen LogP contribution in [0.15, 0.2) is 35.4 Å². The number of benzene rings is 1. The molecule has 0 aliphatic carbocycles. The van der Waals surface area contributed by atoms with Crippen LogP contribution in [0.4, 0.5) is 5.69 Å². The van der Waals surface area contributed by atoms with E-state index in [2.05, 4.69) is 10.3 Å². The number of anilines is 1. The van der Waals surface area contributed by atoms with Crippen molar-refractivity contribution < 1.29 is 9.59 Å². The summed E-state index contributed by atoms with van der Waals surface area (Å²) >= 11 is 1.18. The van der Waals surface area contributed by atoms with E-state index in [1.807, 2.05) is 31.2 Å². The molecular weight excluding hydrogens is 338 g/mol. The molecule has 0 fully saturated rings. The van der Waals surface area contributed by atoms with Crippen molar-refractivity contribution in [2.24, 2.45) is 0 Å². The molecule has 7 heteroatoms. The molecule has 3 rings (SSSR count). The first-order chi connectivity index (χ1) is 11.9. The van der Waals surface area contributed by atoms with E-state index < -0.39 is 0 Å². The van der Waals surface area contributed by atoms with Crippen molar-refractivity contribution in [3.63, 3.8) is 0 Å². The van der Waals surface area contributed by atoms with E-state index in [0.29, 0.717) is 20.7 Å². The number of hydrogen-bond acceptors (Lipinski definition) is 5. The van der Waals surface area contributed by atoms with Crippen LogP contribution in [0.1, 0.15) is 27.7 Å². The zero-order valence-electron chi connectivity index (χ0n) is 14.1. The van der Waals surface area contributed by atoms with E-state index in [4.69, 9.17) is 0 Å². The van der Waals surface area contributed by atoms with Crippen LogP contribution in [0.5, 0.6) is 0 Å². The second-order valence-corrected chi connectivity index (χ2v) is 6.88. The van der Waals surface area contributed by atoms with Gasteiger partial charge in [-0.1, -0.05) is 18.2 Å². The first kappa shape index (κ1) is 17.0. The van der Waals surface area contributed by atoms with Crippen LogP contribution in [0.2, 0.25) is 0 Å². The Morgan fingerprint density at radius 3 is 2.64 bits per heavy atom. The van der Waals surface area contributed by atoms with Crippen LogP contribution in [0, 0.1) is 13.8 Å². The molecule has 1 amide bonds. The largest absolute Gasteiger partial charge is 0.321 e. The first-order valence-electron chi connectivity index (χ1n) is 7.73. The van der Waals surface area contributed by atoms with Gasteiger partial charge in [0.05, 0.1) is 23.1 Å². The fourth-order valence-corrected chi connectivity index (χ4v) is 3.66. The molecule has 0 bridgehead atoms. The number of hydrogen-bond donors (Lipinski definition) is 1. The molecule has 3 aromatic rings. The van der Waals surface area contributed by atoms with Gasteiger partial charge in [0.15, 0.2) is 0 Å². The molecule has 128 valence electrons. The van der Waals surface area contributed by atoms with Gasteiger partial charge in [-0.05, 0) is 38.0 Å². The third kappa shape index (κ3) is 3.23. The minimum Gasteiger partial charge on any atom is -0.321 e. The fraction of sp³-hybridized carbons (Fsp3) is 0.222. The van der Waals surface area contributed by atoms with E-state index in [1.165, 1.54) is 29.2 Å². The van der Waals surface area contributed by atoms with Crippen LogP contribution in [0.3, 0.4) is 0 Å². The molecule has 25 heavy (non-hydrogen) atoms. The predicted molar refractivity (Wildman–Crippen MR) is 98.4 cm³/mol.